The Morgan fingerprint density at radius 3 is 2.17 bits per heavy atom. The van der Waals surface area contributed by atoms with Crippen LogP contribution in [-0.4, -0.2) is 18.9 Å². The molecular weight excluding hydrogens is 304 g/mol. The Hall–Kier alpha value is -2.82. The molecule has 2 aromatic rings. The van der Waals surface area contributed by atoms with E-state index in [1.165, 1.54) is 0 Å². The number of amides is 2. The summed E-state index contributed by atoms with van der Waals surface area (Å²) in [5, 5.41) is 0. The summed E-state index contributed by atoms with van der Waals surface area (Å²) in [4.78, 5) is 24.3. The predicted octanol–water partition coefficient (Wildman–Crippen LogP) is 2.36. The Morgan fingerprint density at radius 1 is 0.958 bits per heavy atom. The van der Waals surface area contributed by atoms with Gasteiger partial charge >= 0.3 is 0 Å². The van der Waals surface area contributed by atoms with Gasteiger partial charge in [0.1, 0.15) is 5.75 Å². The molecule has 0 aliphatic carbocycles. The highest BCUT2D eigenvalue weighted by atomic mass is 16.5. The van der Waals surface area contributed by atoms with Crippen LogP contribution in [0.1, 0.15) is 25.0 Å². The number of methoxy groups -OCH3 is 1. The highest BCUT2D eigenvalue weighted by Gasteiger charge is 2.29. The van der Waals surface area contributed by atoms with E-state index in [1.807, 2.05) is 56.3 Å². The zero-order chi connectivity index (χ0) is 17.6. The smallest absolute Gasteiger partial charge is 0.248 e. The fourth-order valence-electron chi connectivity index (χ4n) is 2.24. The van der Waals surface area contributed by atoms with Crippen LogP contribution in [0, 0.1) is 0 Å². The lowest BCUT2D eigenvalue weighted by Gasteiger charge is -2.24. The van der Waals surface area contributed by atoms with Gasteiger partial charge in [-0.15, -0.1) is 0 Å². The number of hydrogen-bond acceptors (Lipinski definition) is 3. The van der Waals surface area contributed by atoms with Crippen molar-refractivity contribution in [1.29, 1.82) is 0 Å². The molecule has 5 nitrogen and oxygen atoms in total. The van der Waals surface area contributed by atoms with E-state index < -0.39 is 5.41 Å². The molecule has 0 atom stereocenters. The second-order valence-electron chi connectivity index (χ2n) is 6.02. The van der Waals surface area contributed by atoms with Crippen LogP contribution in [0.15, 0.2) is 54.6 Å². The third-order valence-corrected chi connectivity index (χ3v) is 3.90. The number of benzene rings is 2. The lowest BCUT2D eigenvalue weighted by molar-refractivity contribution is -0.131. The molecule has 5 heteroatoms. The first-order valence-corrected chi connectivity index (χ1v) is 7.71. The van der Waals surface area contributed by atoms with Gasteiger partial charge in [-0.2, -0.15) is 0 Å². The van der Waals surface area contributed by atoms with Gasteiger partial charge < -0.3 is 4.74 Å². The maximum Gasteiger partial charge on any atom is 0.248 e. The Morgan fingerprint density at radius 2 is 1.58 bits per heavy atom. The zero-order valence-electron chi connectivity index (χ0n) is 14.1. The number of carbonyl (C=O) groups excluding carboxylic acids is 2. The molecule has 0 radical (unpaired) electrons. The molecule has 2 aromatic carbocycles. The number of ether oxygens (including phenoxy) is 1. The molecule has 126 valence electrons. The molecule has 0 spiro atoms. The van der Waals surface area contributed by atoms with Gasteiger partial charge in [-0.1, -0.05) is 42.5 Å². The number of rotatable bonds is 5. The molecular formula is C19H22N2O3. The van der Waals surface area contributed by atoms with E-state index in [-0.39, 0.29) is 18.2 Å². The van der Waals surface area contributed by atoms with E-state index in [2.05, 4.69) is 10.9 Å². The van der Waals surface area contributed by atoms with Gasteiger partial charge in [0.15, 0.2) is 0 Å². The number of hydrazine groups is 1. The average molecular weight is 326 g/mol. The van der Waals surface area contributed by atoms with Crippen LogP contribution in [0.4, 0.5) is 0 Å². The van der Waals surface area contributed by atoms with Gasteiger partial charge in [-0.05, 0) is 37.1 Å². The summed E-state index contributed by atoms with van der Waals surface area (Å²) in [5.74, 6) is 0.186. The molecule has 0 bridgehead atoms. The standard InChI is InChI=1S/C19H22N2O3/c1-19(2,15-7-5-4-6-8-15)18(23)21-20-17(22)13-14-9-11-16(24-3)12-10-14/h4-12H,13H2,1-3H3,(H,20,22)(H,21,23). The van der Waals surface area contributed by atoms with Crippen LogP contribution < -0.4 is 15.6 Å². The molecule has 0 aromatic heterocycles. The van der Waals surface area contributed by atoms with Crippen LogP contribution in [0.2, 0.25) is 0 Å². The third-order valence-electron chi connectivity index (χ3n) is 3.90. The molecule has 0 unspecified atom stereocenters. The summed E-state index contributed by atoms with van der Waals surface area (Å²) in [7, 11) is 1.59. The van der Waals surface area contributed by atoms with E-state index in [1.54, 1.807) is 19.2 Å². The molecule has 0 saturated heterocycles. The van der Waals surface area contributed by atoms with Gasteiger partial charge in [-0.25, -0.2) is 0 Å². The van der Waals surface area contributed by atoms with Gasteiger partial charge in [0, 0.05) is 0 Å². The number of hydrogen-bond donors (Lipinski definition) is 2. The molecule has 0 heterocycles. The summed E-state index contributed by atoms with van der Waals surface area (Å²) in [6, 6.07) is 16.6. The highest BCUT2D eigenvalue weighted by molar-refractivity contribution is 5.89. The van der Waals surface area contributed by atoms with Crippen LogP contribution >= 0.6 is 0 Å². The third kappa shape index (κ3) is 4.35. The summed E-state index contributed by atoms with van der Waals surface area (Å²) < 4.78 is 5.08. The second kappa shape index (κ2) is 7.64. The lowest BCUT2D eigenvalue weighted by atomic mass is 9.84. The van der Waals surface area contributed by atoms with E-state index >= 15 is 0 Å². The second-order valence-corrected chi connectivity index (χ2v) is 6.02. The topological polar surface area (TPSA) is 67.4 Å². The maximum atomic E-state index is 12.4. The Labute approximate surface area is 142 Å². The van der Waals surface area contributed by atoms with Crippen molar-refractivity contribution in [3.05, 3.63) is 65.7 Å². The Balaban J connectivity index is 1.89. The minimum atomic E-state index is -0.741. The normalized spacial score (nSPS) is 10.8. The van der Waals surface area contributed by atoms with Crippen molar-refractivity contribution < 1.29 is 14.3 Å². The fraction of sp³-hybridized carbons (Fsp3) is 0.263. The molecule has 2 amide bonds. The Bertz CT molecular complexity index is 694. The minimum absolute atomic E-state index is 0.177. The van der Waals surface area contributed by atoms with Crippen molar-refractivity contribution >= 4 is 11.8 Å². The first-order valence-electron chi connectivity index (χ1n) is 7.71. The number of carbonyl (C=O) groups is 2. The van der Waals surface area contributed by atoms with Crippen LogP contribution in [0.5, 0.6) is 5.75 Å². The zero-order valence-corrected chi connectivity index (χ0v) is 14.1. The van der Waals surface area contributed by atoms with Gasteiger partial charge in [-0.3, -0.25) is 20.4 Å². The first-order chi connectivity index (χ1) is 11.4. The average Bonchev–Trinajstić information content (AvgIpc) is 2.61. The SMILES string of the molecule is COc1ccc(CC(=O)NNC(=O)C(C)(C)c2ccccc2)cc1. The van der Waals surface area contributed by atoms with Crippen LogP contribution in [-0.2, 0) is 21.4 Å². The monoisotopic (exact) mass is 326 g/mol. The van der Waals surface area contributed by atoms with Crippen molar-refractivity contribution in [2.24, 2.45) is 0 Å². The maximum absolute atomic E-state index is 12.4. The van der Waals surface area contributed by atoms with Crippen LogP contribution in [0.25, 0.3) is 0 Å². The molecule has 24 heavy (non-hydrogen) atoms. The quantitative estimate of drug-likeness (QED) is 0.829. The first kappa shape index (κ1) is 17.5. The predicted molar refractivity (Wildman–Crippen MR) is 92.5 cm³/mol. The van der Waals surface area contributed by atoms with Crippen LogP contribution in [0.3, 0.4) is 0 Å². The van der Waals surface area contributed by atoms with Crippen molar-refractivity contribution in [3.8, 4) is 5.75 Å². The van der Waals surface area contributed by atoms with Crippen molar-refractivity contribution in [2.75, 3.05) is 7.11 Å². The van der Waals surface area contributed by atoms with E-state index in [4.69, 9.17) is 4.74 Å². The highest BCUT2D eigenvalue weighted by Crippen LogP contribution is 2.22. The molecule has 0 saturated carbocycles. The molecule has 0 aliphatic rings. The summed E-state index contributed by atoms with van der Waals surface area (Å²) >= 11 is 0. The summed E-state index contributed by atoms with van der Waals surface area (Å²) in [5.41, 5.74) is 5.94. The molecule has 0 fully saturated rings. The number of nitrogens with one attached hydrogen (secondary N) is 2. The minimum Gasteiger partial charge on any atom is -0.497 e. The summed E-state index contributed by atoms with van der Waals surface area (Å²) in [6.07, 6.45) is 0.177. The van der Waals surface area contributed by atoms with E-state index in [9.17, 15) is 9.59 Å². The van der Waals surface area contributed by atoms with Gasteiger partial charge in [0.25, 0.3) is 0 Å². The van der Waals surface area contributed by atoms with E-state index in [0.29, 0.717) is 0 Å². The lowest BCUT2D eigenvalue weighted by Crippen LogP contribution is -2.49. The van der Waals surface area contributed by atoms with Gasteiger partial charge in [0.2, 0.25) is 11.8 Å². The van der Waals surface area contributed by atoms with Crippen molar-refractivity contribution in [3.63, 3.8) is 0 Å². The molecule has 2 rings (SSSR count). The van der Waals surface area contributed by atoms with Crippen molar-refractivity contribution in [2.45, 2.75) is 25.7 Å². The summed E-state index contributed by atoms with van der Waals surface area (Å²) in [6.45, 7) is 3.63. The van der Waals surface area contributed by atoms with Crippen molar-refractivity contribution in [1.82, 2.24) is 10.9 Å². The molecule has 2 N–H and O–H groups in total. The molecule has 0 aliphatic heterocycles. The van der Waals surface area contributed by atoms with Gasteiger partial charge in [0.05, 0.1) is 18.9 Å². The van der Waals surface area contributed by atoms with E-state index in [0.717, 1.165) is 16.9 Å². The Kier molecular flexibility index (Phi) is 5.58. The fourth-order valence-corrected chi connectivity index (χ4v) is 2.24. The largest absolute Gasteiger partial charge is 0.497 e.